The highest BCUT2D eigenvalue weighted by molar-refractivity contribution is 5.83. The molecule has 0 aliphatic heterocycles. The van der Waals surface area contributed by atoms with Crippen LogP contribution in [-0.4, -0.2) is 29.6 Å². The summed E-state index contributed by atoms with van der Waals surface area (Å²) in [4.78, 5) is 10.3. The molecule has 0 heterocycles. The summed E-state index contributed by atoms with van der Waals surface area (Å²) in [5.41, 5.74) is -9.98. The van der Waals surface area contributed by atoms with Gasteiger partial charge in [-0.3, -0.25) is 0 Å². The van der Waals surface area contributed by atoms with E-state index in [4.69, 9.17) is 10.4 Å². The topological polar surface area (TPSA) is 61.1 Å². The summed E-state index contributed by atoms with van der Waals surface area (Å²) in [6, 6.07) is -0.378. The van der Waals surface area contributed by atoms with Gasteiger partial charge in [0.1, 0.15) is 0 Å². The minimum Gasteiger partial charge on any atom is -0.479 e. The van der Waals surface area contributed by atoms with Gasteiger partial charge in [0.05, 0.1) is 6.07 Å². The second kappa shape index (κ2) is 5.08. The van der Waals surface area contributed by atoms with Crippen molar-refractivity contribution >= 4 is 5.97 Å². The average Bonchev–Trinajstić information content (AvgIpc) is 2.10. The lowest BCUT2D eigenvalue weighted by Crippen LogP contribution is -2.47. The van der Waals surface area contributed by atoms with Gasteiger partial charge in [0, 0.05) is 0 Å². The van der Waals surface area contributed by atoms with Gasteiger partial charge in [-0.05, 0) is 0 Å². The molecule has 0 aromatic rings. The van der Waals surface area contributed by atoms with Gasteiger partial charge < -0.3 is 5.11 Å². The molecule has 0 saturated carbocycles. The maximum atomic E-state index is 13.2. The van der Waals surface area contributed by atoms with Crippen LogP contribution in [0.1, 0.15) is 0 Å². The van der Waals surface area contributed by atoms with Crippen LogP contribution in [0, 0.1) is 16.7 Å². The van der Waals surface area contributed by atoms with E-state index >= 15 is 0 Å². The van der Waals surface area contributed by atoms with Gasteiger partial charge in [0.2, 0.25) is 0 Å². The molecule has 13 heteroatoms. The van der Waals surface area contributed by atoms with Crippen molar-refractivity contribution in [2.45, 2.75) is 18.5 Å². The van der Waals surface area contributed by atoms with E-state index in [2.05, 4.69) is 0 Å². The Balaban J connectivity index is 6.87. The number of alkyl halides is 9. The Morgan fingerprint density at radius 2 is 1.24 bits per heavy atom. The Kier molecular flexibility index (Phi) is 4.60. The molecule has 0 aliphatic carbocycles. The molecule has 120 valence electrons. The second-order valence-corrected chi connectivity index (χ2v) is 3.35. The fourth-order valence-electron chi connectivity index (χ4n) is 1.10. The van der Waals surface area contributed by atoms with Crippen LogP contribution in [0.3, 0.4) is 0 Å². The molecule has 0 aromatic carbocycles. The number of carboxylic acid groups (broad SMARTS) is 1. The zero-order chi connectivity index (χ0) is 17.4. The number of rotatable bonds is 2. The molecule has 1 N–H and O–H groups in total. The quantitative estimate of drug-likeness (QED) is 0.787. The first-order valence-corrected chi connectivity index (χ1v) is 4.29. The lowest BCUT2D eigenvalue weighted by Gasteiger charge is -2.26. The monoisotopic (exact) mass is 333 g/mol. The molecule has 1 unspecified atom stereocenters. The van der Waals surface area contributed by atoms with Crippen molar-refractivity contribution in [3.05, 3.63) is 11.4 Å². The molecule has 0 radical (unpaired) electrons. The molecule has 0 rings (SSSR count). The average molecular weight is 333 g/mol. The maximum Gasteiger partial charge on any atom is 0.424 e. The van der Waals surface area contributed by atoms with E-state index < -0.39 is 41.3 Å². The van der Waals surface area contributed by atoms with Gasteiger partial charge >= 0.3 is 24.5 Å². The number of carboxylic acids is 1. The second-order valence-electron chi connectivity index (χ2n) is 3.35. The summed E-state index contributed by atoms with van der Waals surface area (Å²) in [7, 11) is 0. The van der Waals surface area contributed by atoms with Crippen molar-refractivity contribution in [1.82, 2.24) is 0 Å². The van der Waals surface area contributed by atoms with Gasteiger partial charge in [-0.25, -0.2) is 9.18 Å². The SMILES string of the molecule is N#CC(C(=O)O)(C(F)=C(C(F)(F)F)C(F)(F)F)C(F)(F)F. The van der Waals surface area contributed by atoms with Crippen LogP contribution >= 0.6 is 0 Å². The van der Waals surface area contributed by atoms with E-state index in [1.807, 2.05) is 0 Å². The highest BCUT2D eigenvalue weighted by atomic mass is 19.4. The van der Waals surface area contributed by atoms with Crippen LogP contribution in [0.2, 0.25) is 0 Å². The Hall–Kier alpha value is -2.00. The summed E-state index contributed by atoms with van der Waals surface area (Å²) < 4.78 is 123. The standard InChI is InChI=1S/C8HF10NO2/c9-3(2(6(10,11)12)7(13,14)15)5(1-19,4(20)21)8(16,17)18/h(H,20,21). The minimum atomic E-state index is -6.70. The molecular formula is C8HF10NO2. The minimum absolute atomic E-state index is 0.378. The van der Waals surface area contributed by atoms with E-state index in [9.17, 15) is 48.7 Å². The predicted molar refractivity (Wildman–Crippen MR) is 42.0 cm³/mol. The number of halogens is 10. The van der Waals surface area contributed by atoms with Crippen molar-refractivity contribution in [2.75, 3.05) is 0 Å². The fraction of sp³-hybridized carbons (Fsp3) is 0.500. The first-order chi connectivity index (χ1) is 9.03. The third-order valence-electron chi connectivity index (χ3n) is 2.03. The third kappa shape index (κ3) is 3.19. The van der Waals surface area contributed by atoms with Crippen LogP contribution in [0.5, 0.6) is 0 Å². The molecule has 0 amide bonds. The molecule has 0 aliphatic rings. The molecule has 21 heavy (non-hydrogen) atoms. The van der Waals surface area contributed by atoms with E-state index in [0.717, 1.165) is 0 Å². The van der Waals surface area contributed by atoms with E-state index in [1.54, 1.807) is 0 Å². The van der Waals surface area contributed by atoms with E-state index in [-0.39, 0.29) is 6.07 Å². The number of allylic oxidation sites excluding steroid dienone is 1. The Morgan fingerprint density at radius 1 is 0.905 bits per heavy atom. The van der Waals surface area contributed by atoms with Crippen LogP contribution < -0.4 is 0 Å². The summed E-state index contributed by atoms with van der Waals surface area (Å²) in [5, 5.41) is 16.2. The Labute approximate surface area is 108 Å². The maximum absolute atomic E-state index is 13.2. The summed E-state index contributed by atoms with van der Waals surface area (Å²) >= 11 is 0. The molecule has 0 fully saturated rings. The van der Waals surface area contributed by atoms with Gasteiger partial charge in [0.25, 0.3) is 5.41 Å². The van der Waals surface area contributed by atoms with Crippen molar-refractivity contribution in [3.63, 3.8) is 0 Å². The highest BCUT2D eigenvalue weighted by Gasteiger charge is 2.70. The molecule has 0 bridgehead atoms. The number of nitrogens with zero attached hydrogens (tertiary/aromatic N) is 1. The van der Waals surface area contributed by atoms with Crippen molar-refractivity contribution in [1.29, 1.82) is 5.26 Å². The van der Waals surface area contributed by atoms with Gasteiger partial charge in [-0.2, -0.15) is 44.8 Å². The summed E-state index contributed by atoms with van der Waals surface area (Å²) in [5.74, 6) is -7.77. The number of carbonyl (C=O) groups is 1. The molecule has 0 saturated heterocycles. The van der Waals surface area contributed by atoms with Gasteiger partial charge in [0.15, 0.2) is 11.4 Å². The fourth-order valence-corrected chi connectivity index (χ4v) is 1.10. The summed E-state index contributed by atoms with van der Waals surface area (Å²) in [6.07, 6.45) is -20.0. The lowest BCUT2D eigenvalue weighted by molar-refractivity contribution is -0.214. The molecule has 3 nitrogen and oxygen atoms in total. The number of hydrogen-bond donors (Lipinski definition) is 1. The zero-order valence-electron chi connectivity index (χ0n) is 9.08. The Bertz CT molecular complexity index is 489. The predicted octanol–water partition coefficient (Wildman–Crippen LogP) is 3.49. The first kappa shape index (κ1) is 19.0. The number of hydrogen-bond acceptors (Lipinski definition) is 2. The van der Waals surface area contributed by atoms with Gasteiger partial charge in [-0.1, -0.05) is 0 Å². The Morgan fingerprint density at radius 3 is 1.38 bits per heavy atom. The van der Waals surface area contributed by atoms with Crippen LogP contribution in [0.25, 0.3) is 0 Å². The number of nitriles is 1. The first-order valence-electron chi connectivity index (χ1n) is 4.29. The van der Waals surface area contributed by atoms with Crippen molar-refractivity contribution in [3.8, 4) is 6.07 Å². The van der Waals surface area contributed by atoms with Gasteiger partial charge in [-0.15, -0.1) is 0 Å². The van der Waals surface area contributed by atoms with Crippen LogP contribution in [0.15, 0.2) is 11.4 Å². The smallest absolute Gasteiger partial charge is 0.424 e. The van der Waals surface area contributed by atoms with Crippen LogP contribution in [0.4, 0.5) is 43.9 Å². The highest BCUT2D eigenvalue weighted by Crippen LogP contribution is 2.51. The molecule has 1 atom stereocenters. The van der Waals surface area contributed by atoms with E-state index in [1.165, 1.54) is 0 Å². The molecule has 0 spiro atoms. The summed E-state index contributed by atoms with van der Waals surface area (Å²) in [6.45, 7) is 0. The largest absolute Gasteiger partial charge is 0.479 e. The normalized spacial score (nSPS) is 15.9. The molecule has 0 aromatic heterocycles. The lowest BCUT2D eigenvalue weighted by atomic mass is 9.84. The van der Waals surface area contributed by atoms with E-state index in [0.29, 0.717) is 0 Å². The van der Waals surface area contributed by atoms with Crippen LogP contribution in [-0.2, 0) is 4.79 Å². The third-order valence-corrected chi connectivity index (χ3v) is 2.03. The van der Waals surface area contributed by atoms with Crippen molar-refractivity contribution in [2.24, 2.45) is 5.41 Å². The van der Waals surface area contributed by atoms with Crippen molar-refractivity contribution < 1.29 is 53.8 Å². The number of aliphatic carboxylic acids is 1. The molecular weight excluding hydrogens is 332 g/mol. The zero-order valence-corrected chi connectivity index (χ0v) is 9.08.